The summed E-state index contributed by atoms with van der Waals surface area (Å²) >= 11 is 2.61. The van der Waals surface area contributed by atoms with Crippen LogP contribution in [0.3, 0.4) is 0 Å². The number of thioether (sulfide) groups is 1. The van der Waals surface area contributed by atoms with Crippen LogP contribution in [0.5, 0.6) is 5.75 Å². The van der Waals surface area contributed by atoms with E-state index in [1.165, 1.54) is 23.9 Å². The first-order valence-corrected chi connectivity index (χ1v) is 13.6. The number of carbonyl (C=O) groups is 2. The number of aromatic amines is 1. The number of rotatable bonds is 2. The topological polar surface area (TPSA) is 90.5 Å². The van der Waals surface area contributed by atoms with Gasteiger partial charge in [-0.05, 0) is 48.4 Å². The van der Waals surface area contributed by atoms with Gasteiger partial charge in [-0.3, -0.25) is 19.3 Å². The van der Waals surface area contributed by atoms with Crippen molar-refractivity contribution >= 4 is 40.6 Å². The molecule has 190 valence electrons. The number of nitrogens with one attached hydrogen (secondary N) is 1. The van der Waals surface area contributed by atoms with Crippen molar-refractivity contribution in [2.75, 3.05) is 4.90 Å². The molecule has 2 aromatic carbocycles. The van der Waals surface area contributed by atoms with Crippen LogP contribution in [0.1, 0.15) is 28.3 Å². The van der Waals surface area contributed by atoms with E-state index < -0.39 is 35.4 Å². The Hall–Kier alpha value is -3.05. The Balaban J connectivity index is 1.31. The summed E-state index contributed by atoms with van der Waals surface area (Å²) in [6, 6.07) is 11.3. The molecule has 2 amide bonds. The zero-order valence-corrected chi connectivity index (χ0v) is 20.6. The monoisotopic (exact) mass is 544 g/mol. The van der Waals surface area contributed by atoms with Crippen LogP contribution in [0.25, 0.3) is 0 Å². The Morgan fingerprint density at radius 2 is 1.70 bits per heavy atom. The summed E-state index contributed by atoms with van der Waals surface area (Å²) in [5.41, 5.74) is -0.303. The minimum absolute atomic E-state index is 0.0602. The lowest BCUT2D eigenvalue weighted by Gasteiger charge is -2.43. The van der Waals surface area contributed by atoms with Crippen molar-refractivity contribution in [1.29, 1.82) is 0 Å². The molecule has 3 aromatic rings. The maximum Gasteiger partial charge on any atom is 0.416 e. The highest BCUT2D eigenvalue weighted by molar-refractivity contribution is 8.00. The highest BCUT2D eigenvalue weighted by atomic mass is 32.2. The van der Waals surface area contributed by atoms with E-state index in [4.69, 9.17) is 0 Å². The summed E-state index contributed by atoms with van der Waals surface area (Å²) < 4.78 is 40.0. The number of phenolic OH excluding ortho intramolecular Hbond substituents is 1. The summed E-state index contributed by atoms with van der Waals surface area (Å²) in [5, 5.41) is 11.4. The highest BCUT2D eigenvalue weighted by Crippen LogP contribution is 2.69. The van der Waals surface area contributed by atoms with Gasteiger partial charge in [0.2, 0.25) is 11.8 Å². The molecule has 7 atom stereocenters. The molecule has 7 unspecified atom stereocenters. The Morgan fingerprint density at radius 1 is 0.973 bits per heavy atom. The molecule has 7 rings (SSSR count). The molecule has 1 saturated heterocycles. The molecular weight excluding hydrogens is 525 g/mol. The first-order valence-electron chi connectivity index (χ1n) is 11.9. The summed E-state index contributed by atoms with van der Waals surface area (Å²) in [4.78, 5) is 44.1. The number of para-hydroxylation sites is 1. The number of amides is 2. The summed E-state index contributed by atoms with van der Waals surface area (Å²) in [6.07, 6.45) is -3.95. The Bertz CT molecular complexity index is 1530. The van der Waals surface area contributed by atoms with E-state index in [0.29, 0.717) is 12.0 Å². The first kappa shape index (κ1) is 23.1. The van der Waals surface area contributed by atoms with Crippen LogP contribution in [0, 0.1) is 29.6 Å². The number of hydrogen-bond acceptors (Lipinski definition) is 6. The quantitative estimate of drug-likeness (QED) is 0.451. The van der Waals surface area contributed by atoms with Gasteiger partial charge in [0, 0.05) is 21.6 Å². The molecular formula is C26H19F3N2O4S2. The van der Waals surface area contributed by atoms with Crippen LogP contribution in [-0.2, 0) is 15.8 Å². The maximum absolute atomic E-state index is 13.7. The zero-order valence-electron chi connectivity index (χ0n) is 18.9. The van der Waals surface area contributed by atoms with E-state index in [9.17, 15) is 32.7 Å². The van der Waals surface area contributed by atoms with Gasteiger partial charge >= 0.3 is 11.0 Å². The number of aromatic nitrogens is 1. The van der Waals surface area contributed by atoms with Gasteiger partial charge in [-0.15, -0.1) is 11.8 Å². The third kappa shape index (κ3) is 3.16. The minimum atomic E-state index is -4.60. The van der Waals surface area contributed by atoms with Crippen LogP contribution < -0.4 is 9.77 Å². The van der Waals surface area contributed by atoms with E-state index in [2.05, 4.69) is 4.98 Å². The molecule has 2 aliphatic carbocycles. The molecule has 2 saturated carbocycles. The molecule has 2 N–H and O–H groups in total. The molecule has 0 spiro atoms. The van der Waals surface area contributed by atoms with Gasteiger partial charge < -0.3 is 10.1 Å². The smallest absolute Gasteiger partial charge is 0.416 e. The number of carbonyl (C=O) groups excluding carboxylic acids is 2. The fourth-order valence-corrected chi connectivity index (χ4v) is 10.1. The van der Waals surface area contributed by atoms with Gasteiger partial charge in [-0.1, -0.05) is 35.6 Å². The molecule has 37 heavy (non-hydrogen) atoms. The molecule has 11 heteroatoms. The molecule has 0 radical (unpaired) electrons. The van der Waals surface area contributed by atoms with Gasteiger partial charge in [-0.2, -0.15) is 13.2 Å². The number of hydrogen-bond donors (Lipinski definition) is 2. The number of alkyl halides is 3. The Kier molecular flexibility index (Phi) is 4.83. The van der Waals surface area contributed by atoms with E-state index in [1.807, 2.05) is 12.1 Å². The highest BCUT2D eigenvalue weighted by Gasteiger charge is 2.69. The fourth-order valence-electron chi connectivity index (χ4n) is 7.19. The predicted octanol–water partition coefficient (Wildman–Crippen LogP) is 4.84. The zero-order chi connectivity index (χ0) is 25.8. The van der Waals surface area contributed by atoms with E-state index in [0.717, 1.165) is 38.3 Å². The van der Waals surface area contributed by atoms with Crippen molar-refractivity contribution in [2.24, 2.45) is 29.6 Å². The van der Waals surface area contributed by atoms with Gasteiger partial charge in [0.1, 0.15) is 5.75 Å². The number of benzene rings is 2. The largest absolute Gasteiger partial charge is 0.508 e. The number of fused-ring (bicyclic) bond motifs is 9. The second kappa shape index (κ2) is 7.73. The molecule has 4 aliphatic rings. The average molecular weight is 545 g/mol. The minimum Gasteiger partial charge on any atom is -0.508 e. The van der Waals surface area contributed by atoms with E-state index in [-0.39, 0.29) is 45.2 Å². The van der Waals surface area contributed by atoms with Crippen molar-refractivity contribution in [3.63, 3.8) is 0 Å². The lowest BCUT2D eigenvalue weighted by atomic mass is 9.68. The number of nitrogens with zero attached hydrogens (tertiary/aromatic N) is 1. The van der Waals surface area contributed by atoms with Crippen LogP contribution >= 0.6 is 23.1 Å². The SMILES string of the molecule is O=C1C2C3CC(C2C(=O)N1c1cccc(C(F)(F)F)c1)C1C(c2ccccc2O)c2sc(=O)[nH]c2SC31. The predicted molar refractivity (Wildman–Crippen MR) is 131 cm³/mol. The summed E-state index contributed by atoms with van der Waals surface area (Å²) in [5.74, 6) is -2.87. The fraction of sp³-hybridized carbons (Fsp3) is 0.346. The molecule has 2 bridgehead atoms. The van der Waals surface area contributed by atoms with Crippen molar-refractivity contribution in [1.82, 2.24) is 4.98 Å². The maximum atomic E-state index is 13.7. The third-order valence-electron chi connectivity index (χ3n) is 8.43. The van der Waals surface area contributed by atoms with Crippen molar-refractivity contribution in [3.05, 3.63) is 74.2 Å². The van der Waals surface area contributed by atoms with Gasteiger partial charge in [0.15, 0.2) is 0 Å². The lowest BCUT2D eigenvalue weighted by molar-refractivity contribution is -0.137. The van der Waals surface area contributed by atoms with Gasteiger partial charge in [0.25, 0.3) is 0 Å². The normalized spacial score (nSPS) is 32.0. The number of imide groups is 1. The number of phenols is 1. The van der Waals surface area contributed by atoms with Crippen molar-refractivity contribution in [3.8, 4) is 5.75 Å². The van der Waals surface area contributed by atoms with Gasteiger partial charge in [-0.25, -0.2) is 0 Å². The lowest BCUT2D eigenvalue weighted by Crippen LogP contribution is -2.42. The second-order valence-corrected chi connectivity index (χ2v) is 12.3. The Labute approximate surface area is 216 Å². The second-order valence-electron chi connectivity index (χ2n) is 10.1. The third-order valence-corrected chi connectivity index (χ3v) is 11.0. The molecule has 2 aliphatic heterocycles. The Morgan fingerprint density at radius 3 is 2.43 bits per heavy atom. The number of halogens is 3. The molecule has 3 fully saturated rings. The first-order chi connectivity index (χ1) is 17.6. The number of thiazole rings is 1. The summed E-state index contributed by atoms with van der Waals surface area (Å²) in [7, 11) is 0. The number of H-pyrrole nitrogens is 1. The van der Waals surface area contributed by atoms with E-state index in [1.54, 1.807) is 12.1 Å². The summed E-state index contributed by atoms with van der Waals surface area (Å²) in [6.45, 7) is 0. The van der Waals surface area contributed by atoms with E-state index >= 15 is 0 Å². The molecule has 1 aromatic heterocycles. The number of aromatic hydroxyl groups is 1. The van der Waals surface area contributed by atoms with Crippen LogP contribution in [0.4, 0.5) is 18.9 Å². The van der Waals surface area contributed by atoms with Crippen LogP contribution in [-0.4, -0.2) is 27.2 Å². The standard InChI is InChI=1S/C26H19F3N2O4S2/c27-26(28,29)10-4-3-5-11(8-10)31-23(33)18-13-9-14(19(18)24(31)34)20-17(13)16(12-6-1-2-7-15(12)32)21-22(36-20)30-25(35)37-21/h1-8,13-14,16-20,32H,9H2,(H,30,35). The van der Waals surface area contributed by atoms with Crippen LogP contribution in [0.15, 0.2) is 58.4 Å². The van der Waals surface area contributed by atoms with Crippen molar-refractivity contribution < 1.29 is 27.9 Å². The van der Waals surface area contributed by atoms with Crippen LogP contribution in [0.2, 0.25) is 0 Å². The number of anilines is 1. The van der Waals surface area contributed by atoms with Gasteiger partial charge in [0.05, 0.1) is 28.1 Å². The van der Waals surface area contributed by atoms with Crippen molar-refractivity contribution in [2.45, 2.75) is 28.8 Å². The molecule has 6 nitrogen and oxygen atoms in total. The molecule has 3 heterocycles. The average Bonchev–Trinajstić information content (AvgIpc) is 3.58.